The predicted molar refractivity (Wildman–Crippen MR) is 66.8 cm³/mol. The summed E-state index contributed by atoms with van der Waals surface area (Å²) in [6.07, 6.45) is 4.46. The molecule has 1 N–H and O–H groups in total. The van der Waals surface area contributed by atoms with E-state index in [0.717, 1.165) is 5.82 Å². The number of rotatable bonds is 0. The second kappa shape index (κ2) is 3.45. The third-order valence-corrected chi connectivity index (χ3v) is 3.39. The number of hydrogen-bond acceptors (Lipinski definition) is 2. The van der Waals surface area contributed by atoms with E-state index < -0.39 is 0 Å². The van der Waals surface area contributed by atoms with Crippen molar-refractivity contribution in [2.45, 2.75) is 20.3 Å². The van der Waals surface area contributed by atoms with E-state index in [9.17, 15) is 4.79 Å². The van der Waals surface area contributed by atoms with E-state index in [1.807, 2.05) is 6.08 Å². The summed E-state index contributed by atoms with van der Waals surface area (Å²) in [6.45, 7) is 4.20. The molecule has 17 heavy (non-hydrogen) atoms. The van der Waals surface area contributed by atoms with E-state index in [-0.39, 0.29) is 5.69 Å². The van der Waals surface area contributed by atoms with Gasteiger partial charge in [0.25, 0.3) is 0 Å². The second-order valence-electron chi connectivity index (χ2n) is 4.39. The van der Waals surface area contributed by atoms with Gasteiger partial charge in [0, 0.05) is 12.6 Å². The van der Waals surface area contributed by atoms with E-state index in [0.29, 0.717) is 6.42 Å². The van der Waals surface area contributed by atoms with Crippen LogP contribution in [-0.4, -0.2) is 14.8 Å². The number of nitrogens with zero attached hydrogens (tertiary/aromatic N) is 2. The highest BCUT2D eigenvalue weighted by Crippen LogP contribution is 2.24. The third-order valence-electron chi connectivity index (χ3n) is 3.39. The molecule has 0 spiro atoms. The Bertz CT molecular complexity index is 676. The predicted octanol–water partition coefficient (Wildman–Crippen LogP) is 1.72. The molecule has 0 saturated heterocycles. The first kappa shape index (κ1) is 10.1. The highest BCUT2D eigenvalue weighted by atomic mass is 16.1. The molecule has 0 fully saturated rings. The molecule has 1 aliphatic heterocycles. The molecular formula is C13H13N3O. The molecule has 0 unspecified atom stereocenters. The van der Waals surface area contributed by atoms with Gasteiger partial charge in [-0.3, -0.25) is 4.57 Å². The van der Waals surface area contributed by atoms with Gasteiger partial charge in [0.1, 0.15) is 5.82 Å². The summed E-state index contributed by atoms with van der Waals surface area (Å²) >= 11 is 0. The monoisotopic (exact) mass is 227 g/mol. The molecule has 2 aromatic rings. The Kier molecular flexibility index (Phi) is 2.04. The fraction of sp³-hybridized carbons (Fsp3) is 0.231. The smallest absolute Gasteiger partial charge is 0.254 e. The van der Waals surface area contributed by atoms with Crippen molar-refractivity contribution in [3.05, 3.63) is 50.7 Å². The molecule has 0 amide bonds. The van der Waals surface area contributed by atoms with Crippen molar-refractivity contribution >= 4 is 12.3 Å². The lowest BCUT2D eigenvalue weighted by Crippen LogP contribution is -2.12. The molecule has 86 valence electrons. The summed E-state index contributed by atoms with van der Waals surface area (Å²) in [7, 11) is 0. The van der Waals surface area contributed by atoms with Gasteiger partial charge >= 0.3 is 5.69 Å². The number of aromatic amines is 1. The summed E-state index contributed by atoms with van der Waals surface area (Å²) in [5.41, 5.74) is 4.76. The Morgan fingerprint density at radius 3 is 3.00 bits per heavy atom. The highest BCUT2D eigenvalue weighted by Gasteiger charge is 2.14. The average Bonchev–Trinajstić information content (AvgIpc) is 2.56. The van der Waals surface area contributed by atoms with E-state index in [2.05, 4.69) is 36.2 Å². The maximum Gasteiger partial charge on any atom is 0.347 e. The minimum atomic E-state index is -0.182. The van der Waals surface area contributed by atoms with Gasteiger partial charge in [-0.05, 0) is 42.2 Å². The van der Waals surface area contributed by atoms with Crippen LogP contribution < -0.4 is 5.69 Å². The lowest BCUT2D eigenvalue weighted by atomic mass is 9.96. The van der Waals surface area contributed by atoms with Gasteiger partial charge in [0.15, 0.2) is 0 Å². The van der Waals surface area contributed by atoms with Crippen LogP contribution in [0.2, 0.25) is 0 Å². The van der Waals surface area contributed by atoms with Gasteiger partial charge in [-0.1, -0.05) is 12.1 Å². The Morgan fingerprint density at radius 1 is 1.35 bits per heavy atom. The van der Waals surface area contributed by atoms with Crippen LogP contribution in [0.4, 0.5) is 0 Å². The normalized spacial score (nSPS) is 13.1. The standard InChI is InChI=1S/C13H13N3O/c1-8-3-4-10-7-12-14-15-13(17)16(12)6-5-11(10)9(8)2/h3-6H,7H2,1-2H3,(H,15,17). The number of nitrogens with one attached hydrogen (secondary N) is 1. The Morgan fingerprint density at radius 2 is 2.18 bits per heavy atom. The van der Waals surface area contributed by atoms with E-state index in [4.69, 9.17) is 0 Å². The number of benzene rings is 1. The summed E-state index contributed by atoms with van der Waals surface area (Å²) < 4.78 is 1.56. The molecular weight excluding hydrogens is 214 g/mol. The van der Waals surface area contributed by atoms with Gasteiger partial charge in [-0.25, -0.2) is 9.89 Å². The Labute approximate surface area is 98.6 Å². The summed E-state index contributed by atoms with van der Waals surface area (Å²) in [5, 5.41) is 6.51. The lowest BCUT2D eigenvalue weighted by molar-refractivity contribution is 0.933. The van der Waals surface area contributed by atoms with Crippen LogP contribution in [0.15, 0.2) is 16.9 Å². The summed E-state index contributed by atoms with van der Waals surface area (Å²) in [5.74, 6) is 0.758. The van der Waals surface area contributed by atoms with Gasteiger partial charge in [0.2, 0.25) is 0 Å². The van der Waals surface area contributed by atoms with Crippen LogP contribution >= 0.6 is 0 Å². The Hall–Kier alpha value is -2.10. The second-order valence-corrected chi connectivity index (χ2v) is 4.39. The molecule has 1 aromatic heterocycles. The number of aryl methyl sites for hydroxylation is 1. The first-order valence-electron chi connectivity index (χ1n) is 5.60. The molecule has 1 aromatic carbocycles. The lowest BCUT2D eigenvalue weighted by Gasteiger charge is -2.09. The molecule has 0 bridgehead atoms. The van der Waals surface area contributed by atoms with Crippen molar-refractivity contribution in [3.63, 3.8) is 0 Å². The van der Waals surface area contributed by atoms with Crippen molar-refractivity contribution in [2.75, 3.05) is 0 Å². The van der Waals surface area contributed by atoms with Crippen molar-refractivity contribution in [1.29, 1.82) is 0 Å². The zero-order valence-electron chi connectivity index (χ0n) is 9.82. The van der Waals surface area contributed by atoms with Crippen LogP contribution in [0.3, 0.4) is 0 Å². The minimum Gasteiger partial charge on any atom is -0.254 e. The Balaban J connectivity index is 2.25. The zero-order chi connectivity index (χ0) is 12.0. The van der Waals surface area contributed by atoms with Crippen LogP contribution in [-0.2, 0) is 6.42 Å². The number of fused-ring (bicyclic) bond motifs is 2. The molecule has 4 heteroatoms. The van der Waals surface area contributed by atoms with Crippen LogP contribution in [0.5, 0.6) is 0 Å². The molecule has 0 radical (unpaired) electrons. The molecule has 2 heterocycles. The maximum absolute atomic E-state index is 11.5. The van der Waals surface area contributed by atoms with Crippen LogP contribution in [0, 0.1) is 13.8 Å². The molecule has 3 rings (SSSR count). The van der Waals surface area contributed by atoms with Gasteiger partial charge in [0.05, 0.1) is 0 Å². The van der Waals surface area contributed by atoms with E-state index in [1.165, 1.54) is 22.3 Å². The van der Waals surface area contributed by atoms with Crippen molar-refractivity contribution in [2.24, 2.45) is 0 Å². The molecule has 4 nitrogen and oxygen atoms in total. The SMILES string of the molecule is Cc1ccc2c(c1C)C=Cn1c(n[nH]c1=O)C2. The topological polar surface area (TPSA) is 50.7 Å². The fourth-order valence-corrected chi connectivity index (χ4v) is 2.21. The molecule has 1 aliphatic rings. The highest BCUT2D eigenvalue weighted by molar-refractivity contribution is 5.68. The van der Waals surface area contributed by atoms with Crippen molar-refractivity contribution < 1.29 is 0 Å². The largest absolute Gasteiger partial charge is 0.347 e. The first-order valence-corrected chi connectivity index (χ1v) is 5.60. The quantitative estimate of drug-likeness (QED) is 0.635. The van der Waals surface area contributed by atoms with Crippen LogP contribution in [0.25, 0.3) is 12.3 Å². The number of H-pyrrole nitrogens is 1. The molecule has 0 aliphatic carbocycles. The van der Waals surface area contributed by atoms with Crippen molar-refractivity contribution in [3.8, 4) is 0 Å². The molecule has 0 saturated carbocycles. The maximum atomic E-state index is 11.5. The minimum absolute atomic E-state index is 0.182. The van der Waals surface area contributed by atoms with E-state index >= 15 is 0 Å². The van der Waals surface area contributed by atoms with Crippen molar-refractivity contribution in [1.82, 2.24) is 14.8 Å². The number of aromatic nitrogens is 3. The number of hydrogen-bond donors (Lipinski definition) is 1. The first-order chi connectivity index (χ1) is 8.16. The van der Waals surface area contributed by atoms with Gasteiger partial charge in [-0.2, -0.15) is 5.10 Å². The zero-order valence-corrected chi connectivity index (χ0v) is 9.82. The fourth-order valence-electron chi connectivity index (χ4n) is 2.21. The van der Waals surface area contributed by atoms with E-state index in [1.54, 1.807) is 10.8 Å². The third kappa shape index (κ3) is 1.45. The van der Waals surface area contributed by atoms with Gasteiger partial charge < -0.3 is 0 Å². The van der Waals surface area contributed by atoms with Crippen LogP contribution in [0.1, 0.15) is 28.1 Å². The average molecular weight is 227 g/mol. The molecule has 0 atom stereocenters. The summed E-state index contributed by atoms with van der Waals surface area (Å²) in [4.78, 5) is 11.5. The summed E-state index contributed by atoms with van der Waals surface area (Å²) in [6, 6.07) is 4.22. The van der Waals surface area contributed by atoms with Gasteiger partial charge in [-0.15, -0.1) is 0 Å².